The van der Waals surface area contributed by atoms with Crippen molar-refractivity contribution in [2.24, 2.45) is 0 Å². The molecule has 0 amide bonds. The number of aromatic nitrogens is 2. The number of para-hydroxylation sites is 1. The molecule has 1 aliphatic carbocycles. The van der Waals surface area contributed by atoms with Crippen LogP contribution in [0.1, 0.15) is 42.1 Å². The fraction of sp³-hybridized carbons (Fsp3) is 0.389. The summed E-state index contributed by atoms with van der Waals surface area (Å²) < 4.78 is 7.50. The van der Waals surface area contributed by atoms with Gasteiger partial charge in [-0.05, 0) is 37.3 Å². The third kappa shape index (κ3) is 3.40. The molecule has 1 aromatic heterocycles. The Labute approximate surface area is 140 Å². The average Bonchev–Trinajstić information content (AvgIpc) is 2.93. The second kappa shape index (κ2) is 7.18. The molecule has 1 N–H and O–H groups in total. The molecule has 0 saturated carbocycles. The zero-order chi connectivity index (χ0) is 16.9. The Morgan fingerprint density at radius 3 is 2.92 bits per heavy atom. The molecular formula is C18H19N3O3. The molecule has 0 bridgehead atoms. The summed E-state index contributed by atoms with van der Waals surface area (Å²) in [5.41, 5.74) is 2.70. The summed E-state index contributed by atoms with van der Waals surface area (Å²) >= 11 is 0. The highest BCUT2D eigenvalue weighted by atomic mass is 16.5. The van der Waals surface area contributed by atoms with Crippen LogP contribution in [0.2, 0.25) is 0 Å². The van der Waals surface area contributed by atoms with E-state index >= 15 is 0 Å². The summed E-state index contributed by atoms with van der Waals surface area (Å²) in [7, 11) is 0. The van der Waals surface area contributed by atoms with Crippen molar-refractivity contribution in [1.82, 2.24) is 9.78 Å². The molecule has 6 nitrogen and oxygen atoms in total. The molecule has 0 spiro atoms. The summed E-state index contributed by atoms with van der Waals surface area (Å²) in [6.07, 6.45) is 2.66. The summed E-state index contributed by atoms with van der Waals surface area (Å²) in [4.78, 5) is 11.2. The van der Waals surface area contributed by atoms with Crippen LogP contribution in [0.4, 0.5) is 0 Å². The van der Waals surface area contributed by atoms with Gasteiger partial charge in [0.1, 0.15) is 24.6 Å². The van der Waals surface area contributed by atoms with Crippen LogP contribution in [-0.2, 0) is 24.4 Å². The topological polar surface area (TPSA) is 88.1 Å². The van der Waals surface area contributed by atoms with Crippen LogP contribution in [0.5, 0.6) is 5.75 Å². The van der Waals surface area contributed by atoms with E-state index in [-0.39, 0.29) is 25.5 Å². The number of nitriles is 1. The Morgan fingerprint density at radius 2 is 2.21 bits per heavy atom. The number of carbonyl (C=O) groups is 1. The monoisotopic (exact) mass is 325 g/mol. The van der Waals surface area contributed by atoms with Gasteiger partial charge in [0.2, 0.25) is 0 Å². The number of carboxylic acid groups (broad SMARTS) is 1. The standard InChI is InChI=1S/C18H19N3O3/c19-9-10-21-16-8-4-5-13(11-17(22)23)18(16)15(20-21)12-24-14-6-2-1-3-7-14/h1-3,6-7,13H,4-5,8,10-12H2,(H,22,23). The van der Waals surface area contributed by atoms with Crippen molar-refractivity contribution in [3.05, 3.63) is 47.3 Å². The van der Waals surface area contributed by atoms with Crippen molar-refractivity contribution in [3.8, 4) is 11.8 Å². The predicted octanol–water partition coefficient (Wildman–Crippen LogP) is 2.88. The fourth-order valence-electron chi connectivity index (χ4n) is 3.35. The van der Waals surface area contributed by atoms with E-state index < -0.39 is 5.97 Å². The van der Waals surface area contributed by atoms with Crippen LogP contribution >= 0.6 is 0 Å². The zero-order valence-electron chi connectivity index (χ0n) is 13.3. The molecule has 24 heavy (non-hydrogen) atoms. The van der Waals surface area contributed by atoms with E-state index in [1.165, 1.54) is 0 Å². The smallest absolute Gasteiger partial charge is 0.303 e. The minimum Gasteiger partial charge on any atom is -0.487 e. The fourth-order valence-corrected chi connectivity index (χ4v) is 3.35. The third-order valence-electron chi connectivity index (χ3n) is 4.31. The van der Waals surface area contributed by atoms with E-state index in [2.05, 4.69) is 11.2 Å². The first kappa shape index (κ1) is 16.1. The summed E-state index contributed by atoms with van der Waals surface area (Å²) in [5, 5.41) is 22.7. The van der Waals surface area contributed by atoms with Crippen molar-refractivity contribution < 1.29 is 14.6 Å². The van der Waals surface area contributed by atoms with Crippen molar-refractivity contribution in [2.75, 3.05) is 0 Å². The largest absolute Gasteiger partial charge is 0.487 e. The van der Waals surface area contributed by atoms with Gasteiger partial charge >= 0.3 is 5.97 Å². The Bertz CT molecular complexity index is 762. The Morgan fingerprint density at radius 1 is 1.42 bits per heavy atom. The third-order valence-corrected chi connectivity index (χ3v) is 4.31. The highest BCUT2D eigenvalue weighted by Crippen LogP contribution is 2.36. The van der Waals surface area contributed by atoms with E-state index in [1.54, 1.807) is 4.68 Å². The molecule has 0 radical (unpaired) electrons. The van der Waals surface area contributed by atoms with Crippen LogP contribution in [0.15, 0.2) is 30.3 Å². The first-order valence-electron chi connectivity index (χ1n) is 8.04. The van der Waals surface area contributed by atoms with E-state index in [1.807, 2.05) is 30.3 Å². The predicted molar refractivity (Wildman–Crippen MR) is 86.5 cm³/mol. The van der Waals surface area contributed by atoms with Gasteiger partial charge in [0.05, 0.1) is 12.5 Å². The lowest BCUT2D eigenvalue weighted by molar-refractivity contribution is -0.137. The number of aliphatic carboxylic acids is 1. The maximum Gasteiger partial charge on any atom is 0.303 e. The number of nitrogens with zero attached hydrogens (tertiary/aromatic N) is 3. The summed E-state index contributed by atoms with van der Waals surface area (Å²) in [6, 6.07) is 11.6. The van der Waals surface area contributed by atoms with Crippen molar-refractivity contribution >= 4 is 5.97 Å². The van der Waals surface area contributed by atoms with Crippen molar-refractivity contribution in [3.63, 3.8) is 0 Å². The van der Waals surface area contributed by atoms with E-state index in [9.17, 15) is 9.90 Å². The number of fused-ring (bicyclic) bond motifs is 1. The second-order valence-electron chi connectivity index (χ2n) is 5.91. The quantitative estimate of drug-likeness (QED) is 0.882. The molecule has 0 fully saturated rings. The average molecular weight is 325 g/mol. The van der Waals surface area contributed by atoms with Gasteiger partial charge in [-0.3, -0.25) is 9.48 Å². The molecule has 124 valence electrons. The van der Waals surface area contributed by atoms with Crippen LogP contribution < -0.4 is 4.74 Å². The number of hydrogen-bond donors (Lipinski definition) is 1. The first-order valence-corrected chi connectivity index (χ1v) is 8.04. The second-order valence-corrected chi connectivity index (χ2v) is 5.91. The van der Waals surface area contributed by atoms with Gasteiger partial charge in [0.15, 0.2) is 0 Å². The summed E-state index contributed by atoms with van der Waals surface area (Å²) in [5.74, 6) is -0.129. The number of hydrogen-bond acceptors (Lipinski definition) is 4. The van der Waals surface area contributed by atoms with Crippen LogP contribution in [0, 0.1) is 11.3 Å². The number of ether oxygens (including phenoxy) is 1. The van der Waals surface area contributed by atoms with Gasteiger partial charge in [-0.25, -0.2) is 0 Å². The molecule has 1 unspecified atom stereocenters. The van der Waals surface area contributed by atoms with E-state index in [0.717, 1.165) is 42.0 Å². The lowest BCUT2D eigenvalue weighted by atomic mass is 9.83. The normalized spacial score (nSPS) is 16.2. The first-order chi connectivity index (χ1) is 11.7. The molecule has 3 rings (SSSR count). The molecule has 0 saturated heterocycles. The highest BCUT2D eigenvalue weighted by molar-refractivity contribution is 5.68. The lowest BCUT2D eigenvalue weighted by Crippen LogP contribution is -2.16. The number of benzene rings is 1. The van der Waals surface area contributed by atoms with Crippen LogP contribution in [0.25, 0.3) is 0 Å². The molecule has 6 heteroatoms. The number of rotatable bonds is 6. The van der Waals surface area contributed by atoms with Crippen molar-refractivity contribution in [2.45, 2.75) is 44.8 Å². The van der Waals surface area contributed by atoms with Gasteiger partial charge < -0.3 is 9.84 Å². The molecule has 1 atom stereocenters. The van der Waals surface area contributed by atoms with Crippen LogP contribution in [0.3, 0.4) is 0 Å². The molecule has 1 aliphatic rings. The van der Waals surface area contributed by atoms with Gasteiger partial charge in [0.25, 0.3) is 0 Å². The molecule has 0 aliphatic heterocycles. The molecule has 1 aromatic carbocycles. The van der Waals surface area contributed by atoms with E-state index in [4.69, 9.17) is 10.00 Å². The molecule has 2 aromatic rings. The minimum atomic E-state index is -0.809. The molecule has 1 heterocycles. The SMILES string of the molecule is N#CCn1nc(COc2ccccc2)c2c1CCCC2CC(=O)O. The van der Waals surface area contributed by atoms with Gasteiger partial charge in [-0.15, -0.1) is 0 Å². The Balaban J connectivity index is 1.90. The zero-order valence-corrected chi connectivity index (χ0v) is 13.3. The molecular weight excluding hydrogens is 306 g/mol. The Kier molecular flexibility index (Phi) is 4.80. The Hall–Kier alpha value is -2.81. The minimum absolute atomic E-state index is 0.0620. The van der Waals surface area contributed by atoms with Gasteiger partial charge in [-0.1, -0.05) is 18.2 Å². The lowest BCUT2D eigenvalue weighted by Gasteiger charge is -2.22. The highest BCUT2D eigenvalue weighted by Gasteiger charge is 2.30. The summed E-state index contributed by atoms with van der Waals surface area (Å²) in [6.45, 7) is 0.453. The van der Waals surface area contributed by atoms with Gasteiger partial charge in [0, 0.05) is 11.3 Å². The van der Waals surface area contributed by atoms with Crippen molar-refractivity contribution in [1.29, 1.82) is 5.26 Å². The van der Waals surface area contributed by atoms with E-state index in [0.29, 0.717) is 0 Å². The maximum atomic E-state index is 11.2. The van der Waals surface area contributed by atoms with Gasteiger partial charge in [-0.2, -0.15) is 10.4 Å². The van der Waals surface area contributed by atoms with Crippen LogP contribution in [-0.4, -0.2) is 20.9 Å². The maximum absolute atomic E-state index is 11.2. The number of carboxylic acids is 1.